The molecule has 6 heteroatoms. The number of benzene rings is 1. The van der Waals surface area contributed by atoms with E-state index in [1.165, 1.54) is 11.8 Å². The zero-order valence-electron chi connectivity index (χ0n) is 14.3. The Morgan fingerprint density at radius 3 is 2.79 bits per heavy atom. The van der Waals surface area contributed by atoms with Gasteiger partial charge in [-0.05, 0) is 32.4 Å². The largest absolute Gasteiger partial charge is 0.352 e. The molecule has 0 radical (unpaired) electrons. The summed E-state index contributed by atoms with van der Waals surface area (Å²) in [4.78, 5) is 29.6. The Kier molecular flexibility index (Phi) is 6.20. The molecule has 1 aromatic heterocycles. The lowest BCUT2D eigenvalue weighted by molar-refractivity contribution is -0.120. The fourth-order valence-corrected chi connectivity index (χ4v) is 3.34. The summed E-state index contributed by atoms with van der Waals surface area (Å²) in [6.45, 7) is 9.84. The standard InChI is InChI=1S/C18H23N3O2S/c1-5-11-19-16(22)13(4)24-18-20-15-10-8-7-9-14(15)17(23)21(18)12(3)6-2/h5,7-10,12-13H,1,6,11H2,2-4H3,(H,19,22)/t12-,13-/m1/s1. The van der Waals surface area contributed by atoms with Crippen molar-refractivity contribution in [2.24, 2.45) is 0 Å². The normalized spacial score (nSPS) is 13.5. The van der Waals surface area contributed by atoms with Crippen LogP contribution in [0.2, 0.25) is 0 Å². The molecule has 1 amide bonds. The number of fused-ring (bicyclic) bond motifs is 1. The third kappa shape index (κ3) is 3.87. The van der Waals surface area contributed by atoms with Crippen LogP contribution in [0.25, 0.3) is 10.9 Å². The van der Waals surface area contributed by atoms with Gasteiger partial charge in [-0.15, -0.1) is 6.58 Å². The monoisotopic (exact) mass is 345 g/mol. The lowest BCUT2D eigenvalue weighted by atomic mass is 10.2. The van der Waals surface area contributed by atoms with Crippen molar-refractivity contribution < 1.29 is 4.79 Å². The molecule has 24 heavy (non-hydrogen) atoms. The minimum Gasteiger partial charge on any atom is -0.352 e. The van der Waals surface area contributed by atoms with Crippen LogP contribution in [-0.2, 0) is 4.79 Å². The van der Waals surface area contributed by atoms with Crippen LogP contribution >= 0.6 is 11.8 Å². The SMILES string of the molecule is C=CCNC(=O)[C@@H](C)Sc1nc2ccccc2c(=O)n1[C@H](C)CC. The fourth-order valence-electron chi connectivity index (χ4n) is 2.31. The minimum absolute atomic E-state index is 0.0144. The first kappa shape index (κ1) is 18.3. The maximum Gasteiger partial charge on any atom is 0.262 e. The van der Waals surface area contributed by atoms with E-state index in [-0.39, 0.29) is 22.8 Å². The number of aromatic nitrogens is 2. The van der Waals surface area contributed by atoms with E-state index in [0.717, 1.165) is 6.42 Å². The molecular weight excluding hydrogens is 322 g/mol. The number of para-hydroxylation sites is 1. The molecule has 0 bridgehead atoms. The molecule has 2 rings (SSSR count). The smallest absolute Gasteiger partial charge is 0.262 e. The van der Waals surface area contributed by atoms with Crippen molar-refractivity contribution in [3.8, 4) is 0 Å². The molecule has 0 saturated heterocycles. The number of amides is 1. The van der Waals surface area contributed by atoms with E-state index in [0.29, 0.717) is 22.6 Å². The van der Waals surface area contributed by atoms with Gasteiger partial charge in [0.1, 0.15) is 0 Å². The van der Waals surface area contributed by atoms with Gasteiger partial charge in [0.2, 0.25) is 5.91 Å². The van der Waals surface area contributed by atoms with Gasteiger partial charge in [0.05, 0.1) is 16.2 Å². The van der Waals surface area contributed by atoms with E-state index >= 15 is 0 Å². The first-order valence-electron chi connectivity index (χ1n) is 8.06. The Labute approximate surface area is 146 Å². The zero-order chi connectivity index (χ0) is 17.7. The van der Waals surface area contributed by atoms with Crippen LogP contribution in [0, 0.1) is 0 Å². The van der Waals surface area contributed by atoms with Crippen molar-refractivity contribution in [1.82, 2.24) is 14.9 Å². The van der Waals surface area contributed by atoms with Gasteiger partial charge in [-0.1, -0.05) is 36.9 Å². The molecule has 1 aromatic carbocycles. The molecule has 1 heterocycles. The maximum absolute atomic E-state index is 12.9. The lowest BCUT2D eigenvalue weighted by Crippen LogP contribution is -2.32. The van der Waals surface area contributed by atoms with Gasteiger partial charge in [-0.25, -0.2) is 4.98 Å². The molecule has 128 valence electrons. The van der Waals surface area contributed by atoms with Crippen LogP contribution in [0.3, 0.4) is 0 Å². The van der Waals surface area contributed by atoms with E-state index in [4.69, 9.17) is 0 Å². The molecule has 0 aliphatic heterocycles. The van der Waals surface area contributed by atoms with Crippen molar-refractivity contribution in [1.29, 1.82) is 0 Å². The van der Waals surface area contributed by atoms with Crippen LogP contribution in [0.15, 0.2) is 46.9 Å². The first-order chi connectivity index (χ1) is 11.5. The highest BCUT2D eigenvalue weighted by molar-refractivity contribution is 8.00. The Bertz CT molecular complexity index is 800. The summed E-state index contributed by atoms with van der Waals surface area (Å²) < 4.78 is 1.70. The fraction of sp³-hybridized carbons (Fsp3) is 0.389. The van der Waals surface area contributed by atoms with Crippen LogP contribution in [0.1, 0.15) is 33.2 Å². The second kappa shape index (κ2) is 8.15. The van der Waals surface area contributed by atoms with Gasteiger partial charge in [-0.2, -0.15) is 0 Å². The van der Waals surface area contributed by atoms with Crippen molar-refractivity contribution in [2.75, 3.05) is 6.54 Å². The van der Waals surface area contributed by atoms with Crippen molar-refractivity contribution >= 4 is 28.6 Å². The molecular formula is C18H23N3O2S. The number of nitrogens with one attached hydrogen (secondary N) is 1. The first-order valence-corrected chi connectivity index (χ1v) is 8.94. The van der Waals surface area contributed by atoms with E-state index < -0.39 is 0 Å². The van der Waals surface area contributed by atoms with E-state index in [9.17, 15) is 9.59 Å². The second-order valence-corrected chi connectivity index (χ2v) is 6.95. The quantitative estimate of drug-likeness (QED) is 0.476. The molecule has 5 nitrogen and oxygen atoms in total. The number of nitrogens with zero attached hydrogens (tertiary/aromatic N) is 2. The Balaban J connectivity index is 2.46. The highest BCUT2D eigenvalue weighted by atomic mass is 32.2. The highest BCUT2D eigenvalue weighted by Crippen LogP contribution is 2.25. The Morgan fingerprint density at radius 2 is 2.12 bits per heavy atom. The van der Waals surface area contributed by atoms with Crippen LogP contribution in [0.4, 0.5) is 0 Å². The Morgan fingerprint density at radius 1 is 1.42 bits per heavy atom. The van der Waals surface area contributed by atoms with Gasteiger partial charge in [-0.3, -0.25) is 14.2 Å². The number of hydrogen-bond acceptors (Lipinski definition) is 4. The molecule has 0 spiro atoms. The highest BCUT2D eigenvalue weighted by Gasteiger charge is 2.20. The van der Waals surface area contributed by atoms with Crippen molar-refractivity contribution in [3.63, 3.8) is 0 Å². The molecule has 0 aliphatic rings. The summed E-state index contributed by atoms with van der Waals surface area (Å²) in [5.74, 6) is -0.0991. The van der Waals surface area contributed by atoms with E-state index in [1.54, 1.807) is 16.7 Å². The topological polar surface area (TPSA) is 64.0 Å². The summed E-state index contributed by atoms with van der Waals surface area (Å²) in [7, 11) is 0. The summed E-state index contributed by atoms with van der Waals surface area (Å²) >= 11 is 1.31. The van der Waals surface area contributed by atoms with Crippen molar-refractivity contribution in [3.05, 3.63) is 47.3 Å². The maximum atomic E-state index is 12.9. The number of rotatable bonds is 7. The van der Waals surface area contributed by atoms with Crippen LogP contribution in [-0.4, -0.2) is 27.3 Å². The number of carbonyl (C=O) groups is 1. The molecule has 0 unspecified atom stereocenters. The second-order valence-electron chi connectivity index (χ2n) is 5.64. The number of carbonyl (C=O) groups excluding carboxylic acids is 1. The number of hydrogen-bond donors (Lipinski definition) is 1. The van der Waals surface area contributed by atoms with Gasteiger partial charge in [0.25, 0.3) is 5.56 Å². The average molecular weight is 345 g/mol. The van der Waals surface area contributed by atoms with Gasteiger partial charge < -0.3 is 5.32 Å². The van der Waals surface area contributed by atoms with Crippen molar-refractivity contribution in [2.45, 2.75) is 43.6 Å². The molecule has 0 aliphatic carbocycles. The van der Waals surface area contributed by atoms with Gasteiger partial charge in [0, 0.05) is 12.6 Å². The number of thioether (sulfide) groups is 1. The minimum atomic E-state index is -0.353. The van der Waals surface area contributed by atoms with Crippen LogP contribution in [0.5, 0.6) is 0 Å². The average Bonchev–Trinajstić information content (AvgIpc) is 2.59. The van der Waals surface area contributed by atoms with Gasteiger partial charge >= 0.3 is 0 Å². The van der Waals surface area contributed by atoms with E-state index in [2.05, 4.69) is 16.9 Å². The third-order valence-electron chi connectivity index (χ3n) is 3.88. The molecule has 1 N–H and O–H groups in total. The van der Waals surface area contributed by atoms with Gasteiger partial charge in [0.15, 0.2) is 5.16 Å². The summed E-state index contributed by atoms with van der Waals surface area (Å²) in [5, 5.41) is 3.60. The van der Waals surface area contributed by atoms with Crippen LogP contribution < -0.4 is 10.9 Å². The van der Waals surface area contributed by atoms with E-state index in [1.807, 2.05) is 39.0 Å². The summed E-state index contributed by atoms with van der Waals surface area (Å²) in [6, 6.07) is 7.32. The lowest BCUT2D eigenvalue weighted by Gasteiger charge is -2.20. The summed E-state index contributed by atoms with van der Waals surface area (Å²) in [6.07, 6.45) is 2.45. The molecule has 2 aromatic rings. The Hall–Kier alpha value is -2.08. The summed E-state index contributed by atoms with van der Waals surface area (Å²) in [5.41, 5.74) is 0.597. The molecule has 0 saturated carbocycles. The molecule has 0 fully saturated rings. The third-order valence-corrected chi connectivity index (χ3v) is 4.95. The molecule has 2 atom stereocenters. The zero-order valence-corrected chi connectivity index (χ0v) is 15.1. The predicted octanol–water partition coefficient (Wildman–Crippen LogP) is 3.15. The predicted molar refractivity (Wildman–Crippen MR) is 99.5 cm³/mol.